The number of hydrogen-bond donors (Lipinski definition) is 1. The fourth-order valence-corrected chi connectivity index (χ4v) is 1.56. The van der Waals surface area contributed by atoms with Crippen molar-refractivity contribution in [2.75, 3.05) is 20.3 Å². The molecule has 0 fully saturated rings. The van der Waals surface area contributed by atoms with Crippen LogP contribution in [0.2, 0.25) is 0 Å². The lowest BCUT2D eigenvalue weighted by Crippen LogP contribution is -2.26. The van der Waals surface area contributed by atoms with E-state index in [0.29, 0.717) is 38.0 Å². The minimum Gasteiger partial charge on any atom is -0.383 e. The van der Waals surface area contributed by atoms with E-state index in [1.54, 1.807) is 19.2 Å². The lowest BCUT2D eigenvalue weighted by molar-refractivity contribution is -0.121. The van der Waals surface area contributed by atoms with Crippen LogP contribution in [0.25, 0.3) is 0 Å². The third-order valence-electron chi connectivity index (χ3n) is 2.53. The summed E-state index contributed by atoms with van der Waals surface area (Å²) >= 11 is 0. The van der Waals surface area contributed by atoms with E-state index in [4.69, 9.17) is 4.74 Å². The molecule has 0 unspecified atom stereocenters. The van der Waals surface area contributed by atoms with Gasteiger partial charge in [0.1, 0.15) is 0 Å². The molecule has 0 aromatic heterocycles. The predicted molar refractivity (Wildman–Crippen MR) is 69.5 cm³/mol. The monoisotopic (exact) mass is 249 g/mol. The van der Waals surface area contributed by atoms with Gasteiger partial charge in [-0.2, -0.15) is 0 Å². The number of nitrogens with one attached hydrogen (secondary N) is 1. The third-order valence-corrected chi connectivity index (χ3v) is 2.53. The molecule has 0 atom stereocenters. The van der Waals surface area contributed by atoms with Gasteiger partial charge in [0.15, 0.2) is 5.78 Å². The first kappa shape index (κ1) is 14.4. The number of benzene rings is 1. The van der Waals surface area contributed by atoms with Gasteiger partial charge in [-0.3, -0.25) is 9.59 Å². The molecule has 0 aliphatic rings. The molecule has 1 N–H and O–H groups in total. The molecule has 0 heterocycles. The topological polar surface area (TPSA) is 55.4 Å². The molecule has 0 aliphatic heterocycles. The van der Waals surface area contributed by atoms with E-state index in [9.17, 15) is 9.59 Å². The molecular weight excluding hydrogens is 230 g/mol. The van der Waals surface area contributed by atoms with Gasteiger partial charge in [-0.05, 0) is 6.42 Å². The van der Waals surface area contributed by atoms with Gasteiger partial charge < -0.3 is 10.1 Å². The molecule has 1 aromatic rings. The summed E-state index contributed by atoms with van der Waals surface area (Å²) in [5.41, 5.74) is 0.706. The Balaban J connectivity index is 2.18. The molecule has 1 aromatic carbocycles. The van der Waals surface area contributed by atoms with E-state index in [2.05, 4.69) is 5.32 Å². The second-order valence-corrected chi connectivity index (χ2v) is 3.99. The van der Waals surface area contributed by atoms with Gasteiger partial charge in [-0.1, -0.05) is 30.3 Å². The van der Waals surface area contributed by atoms with Crippen LogP contribution in [0.4, 0.5) is 0 Å². The van der Waals surface area contributed by atoms with Crippen molar-refractivity contribution in [1.29, 1.82) is 0 Å². The second kappa shape index (κ2) is 8.42. The highest BCUT2D eigenvalue weighted by molar-refractivity contribution is 5.96. The fraction of sp³-hybridized carbons (Fsp3) is 0.429. The Morgan fingerprint density at radius 1 is 1.17 bits per heavy atom. The fourth-order valence-electron chi connectivity index (χ4n) is 1.56. The minimum absolute atomic E-state index is 0.0343. The number of hydrogen-bond acceptors (Lipinski definition) is 3. The SMILES string of the molecule is COCCNC(=O)CCCC(=O)c1ccccc1. The highest BCUT2D eigenvalue weighted by atomic mass is 16.5. The number of carbonyl (C=O) groups is 2. The van der Waals surface area contributed by atoms with Gasteiger partial charge in [-0.25, -0.2) is 0 Å². The third kappa shape index (κ3) is 5.59. The maximum Gasteiger partial charge on any atom is 0.220 e. The van der Waals surface area contributed by atoms with Gasteiger partial charge in [0.25, 0.3) is 0 Å². The van der Waals surface area contributed by atoms with Crippen molar-refractivity contribution in [2.45, 2.75) is 19.3 Å². The standard InChI is InChI=1S/C14H19NO3/c1-18-11-10-15-14(17)9-5-8-13(16)12-6-3-2-4-7-12/h2-4,6-7H,5,8-11H2,1H3,(H,15,17). The van der Waals surface area contributed by atoms with Gasteiger partial charge in [0.2, 0.25) is 5.91 Å². The zero-order chi connectivity index (χ0) is 13.2. The molecule has 0 spiro atoms. The average Bonchev–Trinajstić information content (AvgIpc) is 2.40. The van der Waals surface area contributed by atoms with Crippen LogP contribution in [0.15, 0.2) is 30.3 Å². The zero-order valence-electron chi connectivity index (χ0n) is 10.6. The number of amides is 1. The van der Waals surface area contributed by atoms with Crippen molar-refractivity contribution >= 4 is 11.7 Å². The number of ether oxygens (including phenoxy) is 1. The van der Waals surface area contributed by atoms with E-state index < -0.39 is 0 Å². The molecule has 4 heteroatoms. The lowest BCUT2D eigenvalue weighted by Gasteiger charge is -2.04. The Labute approximate surface area is 107 Å². The molecule has 18 heavy (non-hydrogen) atoms. The van der Waals surface area contributed by atoms with Crippen LogP contribution in [0.5, 0.6) is 0 Å². The van der Waals surface area contributed by atoms with Crippen molar-refractivity contribution in [3.8, 4) is 0 Å². The Bertz CT molecular complexity index is 376. The predicted octanol–water partition coefficient (Wildman–Crippen LogP) is 1.80. The van der Waals surface area contributed by atoms with Crippen molar-refractivity contribution in [2.24, 2.45) is 0 Å². The highest BCUT2D eigenvalue weighted by Gasteiger charge is 2.06. The van der Waals surface area contributed by atoms with Crippen LogP contribution in [0.1, 0.15) is 29.6 Å². The summed E-state index contributed by atoms with van der Waals surface area (Å²) in [4.78, 5) is 23.1. The maximum absolute atomic E-state index is 11.7. The minimum atomic E-state index is -0.0343. The second-order valence-electron chi connectivity index (χ2n) is 3.99. The number of ketones is 1. The zero-order valence-corrected chi connectivity index (χ0v) is 10.6. The van der Waals surface area contributed by atoms with E-state index in [0.717, 1.165) is 0 Å². The largest absolute Gasteiger partial charge is 0.383 e. The van der Waals surface area contributed by atoms with Crippen molar-refractivity contribution in [3.63, 3.8) is 0 Å². The Kier molecular flexibility index (Phi) is 6.72. The van der Waals surface area contributed by atoms with Crippen LogP contribution < -0.4 is 5.32 Å². The summed E-state index contributed by atoms with van der Waals surface area (Å²) in [5.74, 6) is 0.0493. The quantitative estimate of drug-likeness (QED) is 0.564. The molecule has 0 saturated heterocycles. The van der Waals surface area contributed by atoms with Gasteiger partial charge in [0, 0.05) is 32.1 Å². The molecule has 1 amide bonds. The van der Waals surface area contributed by atoms with Crippen LogP contribution in [0.3, 0.4) is 0 Å². The van der Waals surface area contributed by atoms with Crippen molar-refractivity contribution < 1.29 is 14.3 Å². The molecule has 98 valence electrons. The van der Waals surface area contributed by atoms with E-state index in [1.807, 2.05) is 18.2 Å². The maximum atomic E-state index is 11.7. The Morgan fingerprint density at radius 2 is 1.89 bits per heavy atom. The first-order valence-electron chi connectivity index (χ1n) is 6.08. The normalized spacial score (nSPS) is 10.1. The van der Waals surface area contributed by atoms with Gasteiger partial charge >= 0.3 is 0 Å². The van der Waals surface area contributed by atoms with E-state index in [1.165, 1.54) is 0 Å². The van der Waals surface area contributed by atoms with Gasteiger partial charge in [-0.15, -0.1) is 0 Å². The molecule has 0 aliphatic carbocycles. The summed E-state index contributed by atoms with van der Waals surface area (Å²) in [5, 5.41) is 2.72. The smallest absolute Gasteiger partial charge is 0.220 e. The van der Waals surface area contributed by atoms with Crippen LogP contribution in [0, 0.1) is 0 Å². The number of carbonyl (C=O) groups excluding carboxylic acids is 2. The van der Waals surface area contributed by atoms with E-state index >= 15 is 0 Å². The lowest BCUT2D eigenvalue weighted by atomic mass is 10.1. The summed E-state index contributed by atoms with van der Waals surface area (Å²) in [6.45, 7) is 1.02. The molecule has 4 nitrogen and oxygen atoms in total. The summed E-state index contributed by atoms with van der Waals surface area (Å²) in [7, 11) is 1.59. The number of rotatable bonds is 8. The average molecular weight is 249 g/mol. The van der Waals surface area contributed by atoms with Gasteiger partial charge in [0.05, 0.1) is 6.61 Å². The Morgan fingerprint density at radius 3 is 2.56 bits per heavy atom. The van der Waals surface area contributed by atoms with Crippen molar-refractivity contribution in [1.82, 2.24) is 5.32 Å². The van der Waals surface area contributed by atoms with Crippen LogP contribution in [-0.4, -0.2) is 32.0 Å². The van der Waals surface area contributed by atoms with Crippen LogP contribution >= 0.6 is 0 Å². The number of Topliss-reactive ketones (excluding diaryl/α,β-unsaturated/α-hetero) is 1. The summed E-state index contributed by atoms with van der Waals surface area (Å²) in [6.07, 6.45) is 1.36. The highest BCUT2D eigenvalue weighted by Crippen LogP contribution is 2.06. The van der Waals surface area contributed by atoms with Crippen LogP contribution in [-0.2, 0) is 9.53 Å². The molecule has 0 saturated carbocycles. The van der Waals surface area contributed by atoms with Crippen molar-refractivity contribution in [3.05, 3.63) is 35.9 Å². The molecule has 0 radical (unpaired) electrons. The summed E-state index contributed by atoms with van der Waals surface area (Å²) < 4.78 is 4.82. The summed E-state index contributed by atoms with van der Waals surface area (Å²) in [6, 6.07) is 9.14. The Hall–Kier alpha value is -1.68. The molecular formula is C14H19NO3. The first-order chi connectivity index (χ1) is 8.74. The number of methoxy groups -OCH3 is 1. The van der Waals surface area contributed by atoms with E-state index in [-0.39, 0.29) is 11.7 Å². The molecule has 1 rings (SSSR count). The first-order valence-corrected chi connectivity index (χ1v) is 6.08. The molecule has 0 bridgehead atoms.